The summed E-state index contributed by atoms with van der Waals surface area (Å²) >= 11 is 6.21. The van der Waals surface area contributed by atoms with Crippen molar-refractivity contribution in [3.63, 3.8) is 0 Å². The third-order valence-electron chi connectivity index (χ3n) is 6.40. The zero-order valence-electron chi connectivity index (χ0n) is 15.9. The Kier molecular flexibility index (Phi) is 4.13. The molecule has 4 rings (SSSR count). The molecule has 0 aliphatic carbocycles. The molecule has 2 fully saturated rings. The molecule has 3 aliphatic heterocycles. The van der Waals surface area contributed by atoms with E-state index >= 15 is 0 Å². The third-order valence-corrected chi connectivity index (χ3v) is 6.63. The van der Waals surface area contributed by atoms with Crippen molar-refractivity contribution in [3.8, 4) is 0 Å². The molecule has 3 aliphatic rings. The first-order valence-electron chi connectivity index (χ1n) is 9.50. The molecule has 0 radical (unpaired) electrons. The summed E-state index contributed by atoms with van der Waals surface area (Å²) < 4.78 is 0. The minimum Gasteiger partial charge on any atom is -0.324 e. The topological polar surface area (TPSA) is 78.5 Å². The smallest absolute Gasteiger partial charge is 0.250 e. The summed E-state index contributed by atoms with van der Waals surface area (Å²) in [5.41, 5.74) is 0.0435. The van der Waals surface area contributed by atoms with E-state index in [9.17, 15) is 14.4 Å². The molecule has 0 bridgehead atoms. The average Bonchev–Trinajstić information content (AvgIpc) is 3.20. The molecule has 6 nitrogen and oxygen atoms in total. The van der Waals surface area contributed by atoms with Crippen LogP contribution < -0.4 is 10.6 Å². The van der Waals surface area contributed by atoms with Gasteiger partial charge in [-0.25, -0.2) is 0 Å². The van der Waals surface area contributed by atoms with Crippen LogP contribution in [0.2, 0.25) is 5.02 Å². The van der Waals surface area contributed by atoms with Gasteiger partial charge in [-0.15, -0.1) is 0 Å². The molecule has 5 atom stereocenters. The van der Waals surface area contributed by atoms with E-state index in [4.69, 9.17) is 11.6 Å². The summed E-state index contributed by atoms with van der Waals surface area (Å²) in [4.78, 5) is 41.2. The monoisotopic (exact) mass is 389 g/mol. The van der Waals surface area contributed by atoms with Crippen molar-refractivity contribution in [1.29, 1.82) is 0 Å². The molecule has 3 heterocycles. The Hall–Kier alpha value is -1.92. The van der Waals surface area contributed by atoms with Crippen LogP contribution in [0.5, 0.6) is 0 Å². The molecule has 144 valence electrons. The van der Waals surface area contributed by atoms with Crippen LogP contribution in [0.15, 0.2) is 18.2 Å². The van der Waals surface area contributed by atoms with Gasteiger partial charge in [0.05, 0.1) is 11.8 Å². The number of nitrogens with one attached hydrogen (secondary N) is 2. The number of nitrogens with zero attached hydrogens (tertiary/aromatic N) is 1. The van der Waals surface area contributed by atoms with E-state index in [2.05, 4.69) is 10.6 Å². The van der Waals surface area contributed by atoms with Crippen LogP contribution in [-0.2, 0) is 19.9 Å². The van der Waals surface area contributed by atoms with Crippen molar-refractivity contribution in [2.45, 2.75) is 51.7 Å². The number of likely N-dealkylation sites (tertiary alicyclic amines) is 1. The molecule has 1 aromatic rings. The Morgan fingerprint density at radius 2 is 1.89 bits per heavy atom. The molecule has 0 saturated carbocycles. The molecule has 2 saturated heterocycles. The highest BCUT2D eigenvalue weighted by Crippen LogP contribution is 2.54. The number of imide groups is 1. The lowest BCUT2D eigenvalue weighted by molar-refractivity contribution is -0.145. The van der Waals surface area contributed by atoms with Crippen LogP contribution in [0.3, 0.4) is 0 Å². The highest BCUT2D eigenvalue weighted by molar-refractivity contribution is 6.31. The van der Waals surface area contributed by atoms with E-state index in [1.165, 1.54) is 4.90 Å². The predicted molar refractivity (Wildman–Crippen MR) is 102 cm³/mol. The fourth-order valence-electron chi connectivity index (χ4n) is 4.92. The number of halogens is 1. The molecule has 2 N–H and O–H groups in total. The summed E-state index contributed by atoms with van der Waals surface area (Å²) in [5, 5.41) is 6.77. The molecule has 1 spiro atoms. The lowest BCUT2D eigenvalue weighted by Crippen LogP contribution is -2.54. The number of benzene rings is 1. The van der Waals surface area contributed by atoms with E-state index in [-0.39, 0.29) is 35.7 Å². The number of carbonyl (C=O) groups is 3. The Morgan fingerprint density at radius 1 is 1.19 bits per heavy atom. The average molecular weight is 390 g/mol. The molecule has 27 heavy (non-hydrogen) atoms. The zero-order valence-corrected chi connectivity index (χ0v) is 16.6. The highest BCUT2D eigenvalue weighted by atomic mass is 35.5. The second kappa shape index (κ2) is 6.04. The van der Waals surface area contributed by atoms with Crippen molar-refractivity contribution in [3.05, 3.63) is 28.8 Å². The lowest BCUT2D eigenvalue weighted by atomic mass is 9.76. The Balaban J connectivity index is 1.92. The summed E-state index contributed by atoms with van der Waals surface area (Å²) in [7, 11) is 0. The maximum absolute atomic E-state index is 13.4. The van der Waals surface area contributed by atoms with Crippen LogP contribution in [0.25, 0.3) is 0 Å². The van der Waals surface area contributed by atoms with Gasteiger partial charge >= 0.3 is 0 Å². The second-order valence-corrected chi connectivity index (χ2v) is 8.61. The van der Waals surface area contributed by atoms with Gasteiger partial charge in [-0.1, -0.05) is 32.4 Å². The van der Waals surface area contributed by atoms with E-state index in [0.29, 0.717) is 22.7 Å². The molecule has 1 aromatic carbocycles. The molecule has 7 heteroatoms. The van der Waals surface area contributed by atoms with Gasteiger partial charge in [-0.05, 0) is 37.5 Å². The zero-order chi connectivity index (χ0) is 19.7. The summed E-state index contributed by atoms with van der Waals surface area (Å²) in [6.07, 6.45) is 0.679. The number of rotatable bonds is 3. The van der Waals surface area contributed by atoms with Crippen LogP contribution in [0.4, 0.5) is 5.69 Å². The molecule has 0 aromatic heterocycles. The number of anilines is 1. The highest BCUT2D eigenvalue weighted by Gasteiger charge is 2.71. The lowest BCUT2D eigenvalue weighted by Gasteiger charge is -2.31. The quantitative estimate of drug-likeness (QED) is 0.778. The van der Waals surface area contributed by atoms with E-state index in [1.54, 1.807) is 18.2 Å². The van der Waals surface area contributed by atoms with Gasteiger partial charge in [0.2, 0.25) is 17.7 Å². The van der Waals surface area contributed by atoms with Crippen molar-refractivity contribution in [2.75, 3.05) is 5.32 Å². The standard InChI is InChI=1S/C20H24ClN3O3/c1-5-10(4)24-17(25)14-15(18(24)26)20(23-16(14)9(2)3)12-8-11(21)6-7-13(12)22-19(20)27/h6-10,14-16,23H,5H2,1-4H3,(H,22,27)/t10-,14-,15-,16-,20-/m0/s1. The minimum absolute atomic E-state index is 0.0848. The van der Waals surface area contributed by atoms with E-state index in [1.807, 2.05) is 27.7 Å². The summed E-state index contributed by atoms with van der Waals surface area (Å²) in [5.74, 6) is -1.96. The van der Waals surface area contributed by atoms with Gasteiger partial charge in [-0.3, -0.25) is 24.6 Å². The van der Waals surface area contributed by atoms with Crippen LogP contribution >= 0.6 is 11.6 Å². The van der Waals surface area contributed by atoms with E-state index < -0.39 is 17.4 Å². The van der Waals surface area contributed by atoms with Gasteiger partial charge in [0.1, 0.15) is 5.54 Å². The number of carbonyl (C=O) groups excluding carboxylic acids is 3. The predicted octanol–water partition coefficient (Wildman–Crippen LogP) is 2.51. The SMILES string of the molecule is CC[C@H](C)N1C(=O)[C@H]2[C@@H](C1=O)[C@]1(N[C@H]2C(C)C)C(=O)Nc2ccc(Cl)cc21. The van der Waals surface area contributed by atoms with Crippen molar-refractivity contribution < 1.29 is 14.4 Å². The van der Waals surface area contributed by atoms with Crippen molar-refractivity contribution >= 4 is 35.0 Å². The van der Waals surface area contributed by atoms with Gasteiger partial charge in [0.15, 0.2) is 0 Å². The fraction of sp³-hybridized carbons (Fsp3) is 0.550. The molecule has 3 amide bonds. The Labute approximate surface area is 163 Å². The van der Waals surface area contributed by atoms with Crippen LogP contribution in [0, 0.1) is 17.8 Å². The summed E-state index contributed by atoms with van der Waals surface area (Å²) in [6, 6.07) is 4.72. The first-order chi connectivity index (χ1) is 12.7. The first-order valence-corrected chi connectivity index (χ1v) is 9.87. The number of hydrogen-bond acceptors (Lipinski definition) is 4. The van der Waals surface area contributed by atoms with Crippen molar-refractivity contribution in [1.82, 2.24) is 10.2 Å². The van der Waals surface area contributed by atoms with Crippen LogP contribution in [0.1, 0.15) is 39.7 Å². The van der Waals surface area contributed by atoms with E-state index in [0.717, 1.165) is 0 Å². The number of fused-ring (bicyclic) bond motifs is 4. The maximum atomic E-state index is 13.4. The third kappa shape index (κ3) is 2.26. The number of hydrogen-bond donors (Lipinski definition) is 2. The second-order valence-electron chi connectivity index (χ2n) is 8.17. The Bertz CT molecular complexity index is 855. The molecular formula is C20H24ClN3O3. The normalized spacial score (nSPS) is 33.0. The van der Waals surface area contributed by atoms with Gasteiger partial charge in [0, 0.05) is 28.4 Å². The van der Waals surface area contributed by atoms with Gasteiger partial charge in [-0.2, -0.15) is 0 Å². The van der Waals surface area contributed by atoms with Crippen LogP contribution in [-0.4, -0.2) is 34.7 Å². The Morgan fingerprint density at radius 3 is 2.52 bits per heavy atom. The molecular weight excluding hydrogens is 366 g/mol. The number of amides is 3. The largest absolute Gasteiger partial charge is 0.324 e. The summed E-state index contributed by atoms with van der Waals surface area (Å²) in [6.45, 7) is 7.83. The van der Waals surface area contributed by atoms with Gasteiger partial charge in [0.25, 0.3) is 0 Å². The fourth-order valence-corrected chi connectivity index (χ4v) is 5.09. The molecule has 0 unspecified atom stereocenters. The first kappa shape index (κ1) is 18.4. The van der Waals surface area contributed by atoms with Crippen molar-refractivity contribution in [2.24, 2.45) is 17.8 Å². The minimum atomic E-state index is -1.26. The van der Waals surface area contributed by atoms with Gasteiger partial charge < -0.3 is 5.32 Å². The maximum Gasteiger partial charge on any atom is 0.250 e.